The number of nitrogens with one attached hydrogen (secondary N) is 1. The summed E-state index contributed by atoms with van der Waals surface area (Å²) in [6, 6.07) is 7.78. The number of halogens is 1. The lowest BCUT2D eigenvalue weighted by molar-refractivity contribution is -0.137. The van der Waals surface area contributed by atoms with E-state index in [0.717, 1.165) is 17.9 Å². The van der Waals surface area contributed by atoms with Crippen LogP contribution in [0.1, 0.15) is 18.9 Å². The maximum atomic E-state index is 12.2. The summed E-state index contributed by atoms with van der Waals surface area (Å²) in [5.74, 6) is 0.779. The van der Waals surface area contributed by atoms with E-state index in [9.17, 15) is 4.79 Å². The summed E-state index contributed by atoms with van der Waals surface area (Å²) in [5, 5.41) is 3.03. The van der Waals surface area contributed by atoms with Crippen molar-refractivity contribution in [2.45, 2.75) is 26.4 Å². The van der Waals surface area contributed by atoms with Crippen LogP contribution in [0.4, 0.5) is 0 Å². The molecule has 0 radical (unpaired) electrons. The van der Waals surface area contributed by atoms with Gasteiger partial charge in [-0.1, -0.05) is 19.1 Å². The molecule has 20 heavy (non-hydrogen) atoms. The van der Waals surface area contributed by atoms with Crippen LogP contribution in [-0.2, 0) is 4.79 Å². The number of ether oxygens (including phenoxy) is 1. The van der Waals surface area contributed by atoms with Crippen molar-refractivity contribution in [3.05, 3.63) is 29.8 Å². The number of nitrogens with zero attached hydrogens (tertiary/aromatic N) is 1. The zero-order valence-corrected chi connectivity index (χ0v) is 13.5. The normalized spacial score (nSPS) is 11.4. The van der Waals surface area contributed by atoms with Gasteiger partial charge in [-0.05, 0) is 38.1 Å². The molecule has 0 spiro atoms. The Bertz CT molecular complexity index is 413. The largest absolute Gasteiger partial charge is 0.481 e. The number of aryl methyl sites for hydroxylation is 1. The first-order valence-electron chi connectivity index (χ1n) is 6.71. The van der Waals surface area contributed by atoms with Gasteiger partial charge in [0.1, 0.15) is 5.75 Å². The first-order valence-corrected chi connectivity index (χ1v) is 6.71. The zero-order chi connectivity index (χ0) is 14.3. The number of hydrogen-bond donors (Lipinski definition) is 1. The van der Waals surface area contributed by atoms with Crippen molar-refractivity contribution in [2.75, 3.05) is 27.2 Å². The summed E-state index contributed by atoms with van der Waals surface area (Å²) in [6.07, 6.45) is 0.250. The van der Waals surface area contributed by atoms with Crippen molar-refractivity contribution in [3.8, 4) is 5.75 Å². The number of benzene rings is 1. The molecule has 1 N–H and O–H groups in total. The molecule has 0 aliphatic carbocycles. The highest BCUT2D eigenvalue weighted by Gasteiger charge is 2.21. The van der Waals surface area contributed by atoms with Gasteiger partial charge in [0, 0.05) is 20.1 Å². The minimum absolute atomic E-state index is 0. The maximum absolute atomic E-state index is 12.2. The van der Waals surface area contributed by atoms with Crippen molar-refractivity contribution in [1.29, 1.82) is 0 Å². The van der Waals surface area contributed by atoms with Crippen LogP contribution < -0.4 is 10.1 Å². The fraction of sp³-hybridized carbons (Fsp3) is 0.533. The van der Waals surface area contributed by atoms with E-state index in [4.69, 9.17) is 4.74 Å². The molecule has 0 saturated heterocycles. The Morgan fingerprint density at radius 3 is 2.70 bits per heavy atom. The Kier molecular flexibility index (Phi) is 9.01. The number of hydrogen-bond acceptors (Lipinski definition) is 3. The molecule has 1 atom stereocenters. The van der Waals surface area contributed by atoms with Gasteiger partial charge >= 0.3 is 0 Å². The molecule has 1 rings (SSSR count). The molecule has 0 fully saturated rings. The van der Waals surface area contributed by atoms with Crippen LogP contribution in [0.3, 0.4) is 0 Å². The van der Waals surface area contributed by atoms with Crippen LogP contribution in [0.15, 0.2) is 24.3 Å². The SMILES string of the molecule is CCC(Oc1cccc(C)c1)C(=O)N(C)CCNC.Cl. The van der Waals surface area contributed by atoms with Crippen molar-refractivity contribution in [1.82, 2.24) is 10.2 Å². The van der Waals surface area contributed by atoms with Gasteiger partial charge in [0.25, 0.3) is 5.91 Å². The lowest BCUT2D eigenvalue weighted by Crippen LogP contribution is -2.41. The van der Waals surface area contributed by atoms with Crippen molar-refractivity contribution in [2.24, 2.45) is 0 Å². The molecule has 0 aliphatic heterocycles. The second-order valence-electron chi connectivity index (χ2n) is 4.69. The van der Waals surface area contributed by atoms with Crippen molar-refractivity contribution < 1.29 is 9.53 Å². The molecular formula is C15H25ClN2O2. The van der Waals surface area contributed by atoms with Gasteiger partial charge in [-0.2, -0.15) is 0 Å². The fourth-order valence-electron chi connectivity index (χ4n) is 1.80. The van der Waals surface area contributed by atoms with E-state index in [0.29, 0.717) is 13.0 Å². The zero-order valence-electron chi connectivity index (χ0n) is 12.7. The predicted molar refractivity (Wildman–Crippen MR) is 84.7 cm³/mol. The van der Waals surface area contributed by atoms with Crippen LogP contribution in [0, 0.1) is 6.92 Å². The summed E-state index contributed by atoms with van der Waals surface area (Å²) in [7, 11) is 3.68. The Morgan fingerprint density at radius 1 is 1.45 bits per heavy atom. The molecule has 1 aromatic carbocycles. The number of amides is 1. The van der Waals surface area contributed by atoms with Crippen LogP contribution in [0.2, 0.25) is 0 Å². The number of rotatable bonds is 7. The molecule has 0 heterocycles. The highest BCUT2D eigenvalue weighted by molar-refractivity contribution is 5.85. The second kappa shape index (κ2) is 9.61. The Labute approximate surface area is 127 Å². The van der Waals surface area contributed by atoms with Crippen molar-refractivity contribution >= 4 is 18.3 Å². The molecule has 5 heteroatoms. The molecule has 0 saturated carbocycles. The van der Waals surface area contributed by atoms with E-state index in [1.54, 1.807) is 4.90 Å². The van der Waals surface area contributed by atoms with E-state index >= 15 is 0 Å². The van der Waals surface area contributed by atoms with Gasteiger partial charge in [0.15, 0.2) is 6.10 Å². The predicted octanol–water partition coefficient (Wildman–Crippen LogP) is 2.25. The maximum Gasteiger partial charge on any atom is 0.263 e. The molecule has 4 nitrogen and oxygen atoms in total. The topological polar surface area (TPSA) is 41.6 Å². The fourth-order valence-corrected chi connectivity index (χ4v) is 1.80. The third-order valence-electron chi connectivity index (χ3n) is 2.99. The number of carbonyl (C=O) groups is 1. The highest BCUT2D eigenvalue weighted by Crippen LogP contribution is 2.16. The minimum Gasteiger partial charge on any atom is -0.481 e. The van der Waals surface area contributed by atoms with Crippen molar-refractivity contribution in [3.63, 3.8) is 0 Å². The number of carbonyl (C=O) groups excluding carboxylic acids is 1. The van der Waals surface area contributed by atoms with Gasteiger partial charge in [0.2, 0.25) is 0 Å². The smallest absolute Gasteiger partial charge is 0.263 e. The molecule has 1 amide bonds. The lowest BCUT2D eigenvalue weighted by Gasteiger charge is -2.23. The van der Waals surface area contributed by atoms with Gasteiger partial charge in [0.05, 0.1) is 0 Å². The lowest BCUT2D eigenvalue weighted by atomic mass is 10.2. The molecule has 0 bridgehead atoms. The third-order valence-corrected chi connectivity index (χ3v) is 2.99. The van der Waals surface area contributed by atoms with Gasteiger partial charge in [-0.3, -0.25) is 4.79 Å². The van der Waals surface area contributed by atoms with Crippen LogP contribution in [0.5, 0.6) is 5.75 Å². The first kappa shape index (κ1) is 18.7. The number of likely N-dealkylation sites (N-methyl/N-ethyl adjacent to an activating group) is 2. The molecule has 114 valence electrons. The van der Waals surface area contributed by atoms with E-state index in [1.807, 2.05) is 52.2 Å². The average molecular weight is 301 g/mol. The average Bonchev–Trinajstić information content (AvgIpc) is 2.41. The Hall–Kier alpha value is -1.26. The third kappa shape index (κ3) is 5.80. The van der Waals surface area contributed by atoms with E-state index in [1.165, 1.54) is 0 Å². The summed E-state index contributed by atoms with van der Waals surface area (Å²) in [6.45, 7) is 5.44. The standard InChI is InChI=1S/C15H24N2O2.ClH/c1-5-14(15(18)17(4)10-9-16-3)19-13-8-6-7-12(2)11-13;/h6-8,11,14,16H,5,9-10H2,1-4H3;1H. The van der Waals surface area contributed by atoms with Crippen LogP contribution in [0.25, 0.3) is 0 Å². The molecule has 1 unspecified atom stereocenters. The summed E-state index contributed by atoms with van der Waals surface area (Å²) in [5.41, 5.74) is 1.13. The molecular weight excluding hydrogens is 276 g/mol. The molecule has 0 aromatic heterocycles. The van der Waals surface area contributed by atoms with Gasteiger partial charge in [-0.25, -0.2) is 0 Å². The van der Waals surface area contributed by atoms with E-state index in [-0.39, 0.29) is 18.3 Å². The highest BCUT2D eigenvalue weighted by atomic mass is 35.5. The monoisotopic (exact) mass is 300 g/mol. The van der Waals surface area contributed by atoms with Crippen LogP contribution in [-0.4, -0.2) is 44.1 Å². The first-order chi connectivity index (χ1) is 9.08. The quantitative estimate of drug-likeness (QED) is 0.840. The molecule has 1 aromatic rings. The van der Waals surface area contributed by atoms with Gasteiger partial charge in [-0.15, -0.1) is 12.4 Å². The minimum atomic E-state index is -0.413. The summed E-state index contributed by atoms with van der Waals surface area (Å²) in [4.78, 5) is 14.0. The second-order valence-corrected chi connectivity index (χ2v) is 4.69. The van der Waals surface area contributed by atoms with Crippen LogP contribution >= 0.6 is 12.4 Å². The van der Waals surface area contributed by atoms with E-state index in [2.05, 4.69) is 5.32 Å². The summed E-state index contributed by atoms with van der Waals surface area (Å²) >= 11 is 0. The summed E-state index contributed by atoms with van der Waals surface area (Å²) < 4.78 is 5.80. The Balaban J connectivity index is 0.00000361. The Morgan fingerprint density at radius 2 is 2.15 bits per heavy atom. The van der Waals surface area contributed by atoms with E-state index < -0.39 is 6.10 Å². The van der Waals surface area contributed by atoms with Gasteiger partial charge < -0.3 is 15.0 Å². The molecule has 0 aliphatic rings.